The number of nitro groups is 1. The average Bonchev–Trinajstić information content (AvgIpc) is 3.08. The lowest BCUT2D eigenvalue weighted by Crippen LogP contribution is -2.49. The van der Waals surface area contributed by atoms with Crippen LogP contribution < -0.4 is 4.90 Å². The quantitative estimate of drug-likeness (QED) is 0.433. The van der Waals surface area contributed by atoms with Crippen molar-refractivity contribution < 1.29 is 9.72 Å². The molecule has 1 saturated heterocycles. The van der Waals surface area contributed by atoms with Crippen molar-refractivity contribution >= 4 is 29.0 Å². The molecule has 0 spiro atoms. The SMILES string of the molecule is Cc1nn(-c2ccc(Cl)cc2)c(C)c1CC(=O)N1CCN(c2ccc([N+](=O)[O-])cn2)CC1. The van der Waals surface area contributed by atoms with Gasteiger partial charge in [-0.3, -0.25) is 14.9 Å². The summed E-state index contributed by atoms with van der Waals surface area (Å²) in [7, 11) is 0. The first-order chi connectivity index (χ1) is 15.3. The van der Waals surface area contributed by atoms with E-state index in [1.807, 2.05) is 52.6 Å². The largest absolute Gasteiger partial charge is 0.353 e. The second-order valence-electron chi connectivity index (χ2n) is 7.71. The molecule has 0 bridgehead atoms. The Morgan fingerprint density at radius 3 is 2.38 bits per heavy atom. The van der Waals surface area contributed by atoms with E-state index in [1.54, 1.807) is 6.07 Å². The lowest BCUT2D eigenvalue weighted by atomic mass is 10.1. The summed E-state index contributed by atoms with van der Waals surface area (Å²) < 4.78 is 1.84. The van der Waals surface area contributed by atoms with Gasteiger partial charge >= 0.3 is 0 Å². The van der Waals surface area contributed by atoms with Crippen molar-refractivity contribution in [3.63, 3.8) is 0 Å². The molecule has 166 valence electrons. The fraction of sp³-hybridized carbons (Fsp3) is 0.318. The molecule has 0 unspecified atom stereocenters. The van der Waals surface area contributed by atoms with Crippen LogP contribution in [0.5, 0.6) is 0 Å². The second kappa shape index (κ2) is 8.96. The van der Waals surface area contributed by atoms with Gasteiger partial charge in [-0.1, -0.05) is 11.6 Å². The number of carbonyl (C=O) groups is 1. The number of aromatic nitrogens is 3. The van der Waals surface area contributed by atoms with Gasteiger partial charge in [0.1, 0.15) is 12.0 Å². The first-order valence-electron chi connectivity index (χ1n) is 10.3. The topological polar surface area (TPSA) is 97.4 Å². The summed E-state index contributed by atoms with van der Waals surface area (Å²) in [5.74, 6) is 0.738. The fourth-order valence-corrected chi connectivity index (χ4v) is 4.01. The molecule has 1 amide bonds. The molecular weight excluding hydrogens is 432 g/mol. The van der Waals surface area contributed by atoms with Crippen LogP contribution >= 0.6 is 11.6 Å². The van der Waals surface area contributed by atoms with Crippen molar-refractivity contribution in [2.75, 3.05) is 31.1 Å². The first-order valence-corrected chi connectivity index (χ1v) is 10.7. The molecule has 0 radical (unpaired) electrons. The predicted molar refractivity (Wildman–Crippen MR) is 121 cm³/mol. The Morgan fingerprint density at radius 1 is 1.09 bits per heavy atom. The Hall–Kier alpha value is -3.46. The van der Waals surface area contributed by atoms with E-state index in [1.165, 1.54) is 12.3 Å². The van der Waals surface area contributed by atoms with Gasteiger partial charge in [0.2, 0.25) is 5.91 Å². The van der Waals surface area contributed by atoms with E-state index >= 15 is 0 Å². The standard InChI is InChI=1S/C22H23ClN6O3/c1-15-20(16(2)28(25-15)18-5-3-17(23)4-6-18)13-22(30)27-11-9-26(10-12-27)21-8-7-19(14-24-21)29(31)32/h3-8,14H,9-13H2,1-2H3. The van der Waals surface area contributed by atoms with Crippen molar-refractivity contribution in [3.8, 4) is 5.69 Å². The Kier molecular flexibility index (Phi) is 6.09. The summed E-state index contributed by atoms with van der Waals surface area (Å²) in [6.07, 6.45) is 1.55. The molecule has 0 atom stereocenters. The third-order valence-electron chi connectivity index (χ3n) is 5.74. The Labute approximate surface area is 190 Å². The molecule has 4 rings (SSSR count). The van der Waals surface area contributed by atoms with E-state index in [0.29, 0.717) is 43.4 Å². The number of hydrogen-bond donors (Lipinski definition) is 0. The maximum Gasteiger partial charge on any atom is 0.287 e. The van der Waals surface area contributed by atoms with E-state index < -0.39 is 4.92 Å². The molecule has 9 nitrogen and oxygen atoms in total. The first kappa shape index (κ1) is 21.8. The van der Waals surface area contributed by atoms with Crippen molar-refractivity contribution in [3.05, 3.63) is 74.7 Å². The van der Waals surface area contributed by atoms with Crippen molar-refractivity contribution in [1.29, 1.82) is 0 Å². The van der Waals surface area contributed by atoms with Crippen LogP contribution in [0.25, 0.3) is 5.69 Å². The van der Waals surface area contributed by atoms with Crippen LogP contribution in [0.3, 0.4) is 0 Å². The van der Waals surface area contributed by atoms with Gasteiger partial charge in [0.15, 0.2) is 0 Å². The van der Waals surface area contributed by atoms with Gasteiger partial charge in [0.25, 0.3) is 5.69 Å². The van der Waals surface area contributed by atoms with Crippen LogP contribution in [-0.4, -0.2) is 56.7 Å². The maximum absolute atomic E-state index is 13.0. The van der Waals surface area contributed by atoms with E-state index in [-0.39, 0.29) is 11.6 Å². The molecule has 10 heteroatoms. The van der Waals surface area contributed by atoms with Gasteiger partial charge in [-0.2, -0.15) is 5.10 Å². The van der Waals surface area contributed by atoms with Crippen molar-refractivity contribution in [2.24, 2.45) is 0 Å². The van der Waals surface area contributed by atoms with Gasteiger partial charge in [0, 0.05) is 48.5 Å². The number of aryl methyl sites for hydroxylation is 1. The number of amides is 1. The Bertz CT molecular complexity index is 1140. The fourth-order valence-electron chi connectivity index (χ4n) is 3.89. The molecule has 1 aromatic carbocycles. The lowest BCUT2D eigenvalue weighted by molar-refractivity contribution is -0.385. The van der Waals surface area contributed by atoms with Gasteiger partial charge in [-0.15, -0.1) is 0 Å². The number of rotatable bonds is 5. The van der Waals surface area contributed by atoms with Gasteiger partial charge in [-0.25, -0.2) is 9.67 Å². The van der Waals surface area contributed by atoms with Crippen LogP contribution in [0.2, 0.25) is 5.02 Å². The molecule has 1 fully saturated rings. The summed E-state index contributed by atoms with van der Waals surface area (Å²) in [6.45, 7) is 6.27. The molecule has 0 saturated carbocycles. The van der Waals surface area contributed by atoms with Crippen LogP contribution in [0.1, 0.15) is 17.0 Å². The minimum absolute atomic E-state index is 0.0348. The molecular formula is C22H23ClN6O3. The Balaban J connectivity index is 1.40. The highest BCUT2D eigenvalue weighted by Gasteiger charge is 2.24. The molecule has 0 aliphatic carbocycles. The van der Waals surface area contributed by atoms with E-state index in [0.717, 1.165) is 22.6 Å². The molecule has 1 aliphatic heterocycles. The third-order valence-corrected chi connectivity index (χ3v) is 5.99. The molecule has 0 N–H and O–H groups in total. The summed E-state index contributed by atoms with van der Waals surface area (Å²) in [5, 5.41) is 16.1. The number of hydrogen-bond acceptors (Lipinski definition) is 6. The van der Waals surface area contributed by atoms with E-state index in [4.69, 9.17) is 11.6 Å². The number of carbonyl (C=O) groups excluding carboxylic acids is 1. The molecule has 1 aliphatic rings. The predicted octanol–water partition coefficient (Wildman–Crippen LogP) is 3.34. The van der Waals surface area contributed by atoms with Gasteiger partial charge < -0.3 is 9.80 Å². The van der Waals surface area contributed by atoms with Crippen molar-refractivity contribution in [2.45, 2.75) is 20.3 Å². The zero-order valence-electron chi connectivity index (χ0n) is 17.9. The number of halogens is 1. The molecule has 2 aromatic heterocycles. The number of anilines is 1. The smallest absolute Gasteiger partial charge is 0.287 e. The number of benzene rings is 1. The highest BCUT2D eigenvalue weighted by atomic mass is 35.5. The monoisotopic (exact) mass is 454 g/mol. The third kappa shape index (κ3) is 4.43. The van der Waals surface area contributed by atoms with Crippen molar-refractivity contribution in [1.82, 2.24) is 19.7 Å². The number of piperazine rings is 1. The highest BCUT2D eigenvalue weighted by Crippen LogP contribution is 2.22. The van der Waals surface area contributed by atoms with E-state index in [9.17, 15) is 14.9 Å². The van der Waals surface area contributed by atoms with Gasteiger partial charge in [-0.05, 0) is 44.2 Å². The highest BCUT2D eigenvalue weighted by molar-refractivity contribution is 6.30. The second-order valence-corrected chi connectivity index (χ2v) is 8.15. The summed E-state index contributed by atoms with van der Waals surface area (Å²) >= 11 is 5.98. The summed E-state index contributed by atoms with van der Waals surface area (Å²) in [4.78, 5) is 31.4. The summed E-state index contributed by atoms with van der Waals surface area (Å²) in [5.41, 5.74) is 3.57. The zero-order valence-corrected chi connectivity index (χ0v) is 18.6. The van der Waals surface area contributed by atoms with Crippen LogP contribution in [0.4, 0.5) is 11.5 Å². The summed E-state index contributed by atoms with van der Waals surface area (Å²) in [6, 6.07) is 10.5. The molecule has 3 aromatic rings. The Morgan fingerprint density at radius 2 is 1.78 bits per heavy atom. The van der Waals surface area contributed by atoms with Crippen LogP contribution in [-0.2, 0) is 11.2 Å². The zero-order chi connectivity index (χ0) is 22.8. The molecule has 3 heterocycles. The van der Waals surface area contributed by atoms with Gasteiger partial charge in [0.05, 0.1) is 22.7 Å². The minimum atomic E-state index is -0.466. The van der Waals surface area contributed by atoms with Crippen LogP contribution in [0.15, 0.2) is 42.6 Å². The lowest BCUT2D eigenvalue weighted by Gasteiger charge is -2.35. The normalized spacial score (nSPS) is 14.0. The average molecular weight is 455 g/mol. The minimum Gasteiger partial charge on any atom is -0.353 e. The van der Waals surface area contributed by atoms with E-state index in [2.05, 4.69) is 10.1 Å². The number of pyridine rings is 1. The number of nitrogens with zero attached hydrogens (tertiary/aromatic N) is 6. The molecule has 32 heavy (non-hydrogen) atoms. The van der Waals surface area contributed by atoms with Crippen LogP contribution in [0, 0.1) is 24.0 Å². The maximum atomic E-state index is 13.0.